The van der Waals surface area contributed by atoms with Gasteiger partial charge in [0.2, 0.25) is 0 Å². The highest BCUT2D eigenvalue weighted by Gasteiger charge is 2.27. The van der Waals surface area contributed by atoms with Crippen molar-refractivity contribution in [3.05, 3.63) is 18.1 Å². The highest BCUT2D eigenvalue weighted by Crippen LogP contribution is 2.17. The van der Waals surface area contributed by atoms with Crippen LogP contribution in [0, 0.1) is 6.92 Å². The first-order valence-electron chi connectivity index (χ1n) is 4.95. The number of hydrogen-bond acceptors (Lipinski definition) is 5. The van der Waals surface area contributed by atoms with E-state index in [1.54, 1.807) is 12.4 Å². The Balaban J connectivity index is 2.88. The lowest BCUT2D eigenvalue weighted by molar-refractivity contribution is 0.132. The Kier molecular flexibility index (Phi) is 3.99. The van der Waals surface area contributed by atoms with Crippen molar-refractivity contribution in [2.45, 2.75) is 25.8 Å². The largest absolute Gasteiger partial charge is 0.394 e. The summed E-state index contributed by atoms with van der Waals surface area (Å²) >= 11 is 0. The maximum Gasteiger partial charge on any atom is 0.148 e. The fourth-order valence-corrected chi connectivity index (χ4v) is 1.22. The van der Waals surface area contributed by atoms with E-state index < -0.39 is 5.54 Å². The van der Waals surface area contributed by atoms with Crippen LogP contribution < -0.4 is 5.32 Å². The lowest BCUT2D eigenvalue weighted by atomic mass is 9.98. The second-order valence-electron chi connectivity index (χ2n) is 3.57. The van der Waals surface area contributed by atoms with Crippen LogP contribution in [0.4, 0.5) is 5.82 Å². The number of aliphatic hydroxyl groups excluding tert-OH is 2. The van der Waals surface area contributed by atoms with Gasteiger partial charge in [0.25, 0.3) is 0 Å². The molecule has 1 aromatic rings. The molecule has 0 aliphatic carbocycles. The summed E-state index contributed by atoms with van der Waals surface area (Å²) < 4.78 is 0. The van der Waals surface area contributed by atoms with Crippen LogP contribution in [0.5, 0.6) is 0 Å². The highest BCUT2D eigenvalue weighted by molar-refractivity contribution is 5.41. The molecule has 1 aromatic heterocycles. The van der Waals surface area contributed by atoms with Crippen LogP contribution in [0.1, 0.15) is 19.0 Å². The van der Waals surface area contributed by atoms with Crippen molar-refractivity contribution < 1.29 is 10.2 Å². The van der Waals surface area contributed by atoms with Crippen molar-refractivity contribution in [3.8, 4) is 0 Å². The van der Waals surface area contributed by atoms with Gasteiger partial charge in [-0.05, 0) is 13.3 Å². The van der Waals surface area contributed by atoms with Gasteiger partial charge in [-0.15, -0.1) is 0 Å². The second-order valence-corrected chi connectivity index (χ2v) is 3.57. The molecule has 3 N–H and O–H groups in total. The van der Waals surface area contributed by atoms with Crippen LogP contribution in [0.25, 0.3) is 0 Å². The molecule has 15 heavy (non-hydrogen) atoms. The molecule has 0 unspecified atom stereocenters. The topological polar surface area (TPSA) is 78.3 Å². The van der Waals surface area contributed by atoms with Crippen LogP contribution in [-0.4, -0.2) is 38.9 Å². The van der Waals surface area contributed by atoms with E-state index in [1.807, 2.05) is 13.8 Å². The van der Waals surface area contributed by atoms with E-state index in [-0.39, 0.29) is 13.2 Å². The van der Waals surface area contributed by atoms with Gasteiger partial charge in [0.05, 0.1) is 24.4 Å². The molecule has 1 rings (SSSR count). The van der Waals surface area contributed by atoms with Gasteiger partial charge in [-0.1, -0.05) is 6.92 Å². The van der Waals surface area contributed by atoms with Gasteiger partial charge in [-0.25, -0.2) is 4.98 Å². The maximum absolute atomic E-state index is 9.26. The minimum Gasteiger partial charge on any atom is -0.394 e. The molecular weight excluding hydrogens is 194 g/mol. The normalized spacial score (nSPS) is 11.5. The smallest absolute Gasteiger partial charge is 0.148 e. The summed E-state index contributed by atoms with van der Waals surface area (Å²) in [6, 6.07) is 0. The van der Waals surface area contributed by atoms with E-state index in [0.717, 1.165) is 5.69 Å². The average Bonchev–Trinajstić information content (AvgIpc) is 2.29. The quantitative estimate of drug-likeness (QED) is 0.654. The first kappa shape index (κ1) is 11.9. The fraction of sp³-hybridized carbons (Fsp3) is 0.600. The molecule has 0 bridgehead atoms. The van der Waals surface area contributed by atoms with E-state index in [9.17, 15) is 10.2 Å². The summed E-state index contributed by atoms with van der Waals surface area (Å²) in [5.41, 5.74) is 0.0260. The summed E-state index contributed by atoms with van der Waals surface area (Å²) in [5, 5.41) is 21.6. The third-order valence-electron chi connectivity index (χ3n) is 2.55. The summed E-state index contributed by atoms with van der Waals surface area (Å²) in [4.78, 5) is 8.19. The third-order valence-corrected chi connectivity index (χ3v) is 2.55. The Hall–Kier alpha value is -1.20. The average molecular weight is 211 g/mol. The van der Waals surface area contributed by atoms with Crippen LogP contribution in [0.3, 0.4) is 0 Å². The second kappa shape index (κ2) is 5.04. The zero-order valence-corrected chi connectivity index (χ0v) is 9.06. The minimum absolute atomic E-state index is 0.143. The number of nitrogens with zero attached hydrogens (tertiary/aromatic N) is 2. The van der Waals surface area contributed by atoms with Crippen molar-refractivity contribution in [2.24, 2.45) is 0 Å². The lowest BCUT2D eigenvalue weighted by Crippen LogP contribution is -2.45. The summed E-state index contributed by atoms with van der Waals surface area (Å²) in [6.07, 6.45) is 3.78. The molecule has 0 fully saturated rings. The zero-order chi connectivity index (χ0) is 11.3. The molecule has 0 radical (unpaired) electrons. The van der Waals surface area contributed by atoms with Gasteiger partial charge < -0.3 is 15.5 Å². The van der Waals surface area contributed by atoms with Crippen molar-refractivity contribution in [2.75, 3.05) is 18.5 Å². The van der Waals surface area contributed by atoms with E-state index >= 15 is 0 Å². The Morgan fingerprint density at radius 2 is 1.87 bits per heavy atom. The standard InChI is InChI=1S/C10H17N3O2/c1-3-10(6-14,7-15)13-9-8(2)11-4-5-12-9/h4-5,14-15H,3,6-7H2,1-2H3,(H,12,13). The molecule has 5 nitrogen and oxygen atoms in total. The molecular formula is C10H17N3O2. The molecule has 0 amide bonds. The highest BCUT2D eigenvalue weighted by atomic mass is 16.3. The predicted molar refractivity (Wildman–Crippen MR) is 57.6 cm³/mol. The molecule has 0 aliphatic rings. The number of nitrogens with one attached hydrogen (secondary N) is 1. The number of anilines is 1. The SMILES string of the molecule is CCC(CO)(CO)Nc1nccnc1C. The number of aryl methyl sites for hydroxylation is 1. The van der Waals surface area contributed by atoms with E-state index in [4.69, 9.17) is 0 Å². The van der Waals surface area contributed by atoms with Gasteiger partial charge in [-0.3, -0.25) is 4.98 Å². The minimum atomic E-state index is -0.721. The van der Waals surface area contributed by atoms with Crippen LogP contribution >= 0.6 is 0 Å². The van der Waals surface area contributed by atoms with Crippen molar-refractivity contribution in [1.29, 1.82) is 0 Å². The monoisotopic (exact) mass is 211 g/mol. The van der Waals surface area contributed by atoms with Crippen LogP contribution in [0.2, 0.25) is 0 Å². The van der Waals surface area contributed by atoms with Gasteiger partial charge in [0, 0.05) is 12.4 Å². The van der Waals surface area contributed by atoms with Crippen molar-refractivity contribution >= 4 is 5.82 Å². The number of aromatic nitrogens is 2. The first-order valence-corrected chi connectivity index (χ1v) is 4.95. The Bertz CT molecular complexity index is 305. The third kappa shape index (κ3) is 2.64. The van der Waals surface area contributed by atoms with Gasteiger partial charge in [0.15, 0.2) is 0 Å². The van der Waals surface area contributed by atoms with E-state index in [1.165, 1.54) is 0 Å². The molecule has 0 spiro atoms. The molecule has 0 saturated heterocycles. The summed E-state index contributed by atoms with van der Waals surface area (Å²) in [7, 11) is 0. The molecule has 1 heterocycles. The molecule has 0 aromatic carbocycles. The van der Waals surface area contributed by atoms with E-state index in [0.29, 0.717) is 12.2 Å². The van der Waals surface area contributed by atoms with Crippen LogP contribution in [0.15, 0.2) is 12.4 Å². The Morgan fingerprint density at radius 1 is 1.27 bits per heavy atom. The first-order chi connectivity index (χ1) is 7.17. The summed E-state index contributed by atoms with van der Waals surface area (Å²) in [5.74, 6) is 0.599. The number of hydrogen-bond donors (Lipinski definition) is 3. The molecule has 5 heteroatoms. The van der Waals surface area contributed by atoms with Crippen LogP contribution in [-0.2, 0) is 0 Å². The van der Waals surface area contributed by atoms with Crippen molar-refractivity contribution in [3.63, 3.8) is 0 Å². The fourth-order valence-electron chi connectivity index (χ4n) is 1.22. The van der Waals surface area contributed by atoms with Gasteiger partial charge in [0.1, 0.15) is 5.82 Å². The molecule has 0 aliphatic heterocycles. The van der Waals surface area contributed by atoms with Gasteiger partial charge in [-0.2, -0.15) is 0 Å². The predicted octanol–water partition coefficient (Wildman–Crippen LogP) is 0.330. The van der Waals surface area contributed by atoms with E-state index in [2.05, 4.69) is 15.3 Å². The number of rotatable bonds is 5. The molecule has 0 saturated carbocycles. The number of aliphatic hydroxyl groups is 2. The Labute approximate surface area is 89.2 Å². The Morgan fingerprint density at radius 3 is 2.33 bits per heavy atom. The lowest BCUT2D eigenvalue weighted by Gasteiger charge is -2.30. The van der Waals surface area contributed by atoms with Gasteiger partial charge >= 0.3 is 0 Å². The zero-order valence-electron chi connectivity index (χ0n) is 9.06. The maximum atomic E-state index is 9.26. The summed E-state index contributed by atoms with van der Waals surface area (Å²) in [6.45, 7) is 3.43. The van der Waals surface area contributed by atoms with Crippen molar-refractivity contribution in [1.82, 2.24) is 9.97 Å². The molecule has 0 atom stereocenters. The molecule has 84 valence electrons.